The smallest absolute Gasteiger partial charge is 0.243 e. The standard InChI is InChI=1S/C16H31N5O.HI/c1-5-9-17-16(18-13-15(22)20(3)4)19-14-7-11-21(10-6-2)12-8-14;/h5,14H,1,6-13H2,2-4H3,(H2,17,18,19);1H. The average molecular weight is 437 g/mol. The number of likely N-dealkylation sites (tertiary alicyclic amines) is 1. The van der Waals surface area contributed by atoms with Crippen LogP contribution in [0.25, 0.3) is 0 Å². The van der Waals surface area contributed by atoms with Crippen LogP contribution in [0.15, 0.2) is 17.6 Å². The molecular weight excluding hydrogens is 405 g/mol. The molecule has 6 nitrogen and oxygen atoms in total. The SMILES string of the molecule is C=CCNC(=NCC(=O)N(C)C)NC1CCN(CCC)CC1.I. The Morgan fingerprint density at radius 2 is 2.04 bits per heavy atom. The van der Waals surface area contributed by atoms with E-state index in [1.807, 2.05) is 0 Å². The fourth-order valence-electron chi connectivity index (χ4n) is 2.42. The van der Waals surface area contributed by atoms with Crippen molar-refractivity contribution < 1.29 is 4.79 Å². The largest absolute Gasteiger partial charge is 0.354 e. The number of hydrogen-bond donors (Lipinski definition) is 2. The molecule has 23 heavy (non-hydrogen) atoms. The van der Waals surface area contributed by atoms with Crippen molar-refractivity contribution in [3.05, 3.63) is 12.7 Å². The molecule has 0 radical (unpaired) electrons. The Labute approximate surface area is 157 Å². The van der Waals surface area contributed by atoms with Crippen molar-refractivity contribution in [2.75, 3.05) is 46.8 Å². The molecule has 134 valence electrons. The maximum atomic E-state index is 11.7. The first kappa shape index (κ1) is 22.2. The van der Waals surface area contributed by atoms with E-state index in [0.29, 0.717) is 18.5 Å². The van der Waals surface area contributed by atoms with E-state index >= 15 is 0 Å². The van der Waals surface area contributed by atoms with E-state index < -0.39 is 0 Å². The van der Waals surface area contributed by atoms with Crippen molar-refractivity contribution in [3.63, 3.8) is 0 Å². The number of likely N-dealkylation sites (N-methyl/N-ethyl adjacent to an activating group) is 1. The predicted octanol–water partition coefficient (Wildman–Crippen LogP) is 1.29. The van der Waals surface area contributed by atoms with Gasteiger partial charge in [-0.2, -0.15) is 0 Å². The lowest BCUT2D eigenvalue weighted by atomic mass is 10.1. The third kappa shape index (κ3) is 9.14. The number of carbonyl (C=O) groups is 1. The summed E-state index contributed by atoms with van der Waals surface area (Å²) in [6.45, 7) is 10.1. The highest BCUT2D eigenvalue weighted by Gasteiger charge is 2.19. The van der Waals surface area contributed by atoms with Crippen LogP contribution in [0.4, 0.5) is 0 Å². The van der Waals surface area contributed by atoms with Gasteiger partial charge in [0.05, 0.1) is 0 Å². The van der Waals surface area contributed by atoms with E-state index in [9.17, 15) is 4.79 Å². The molecule has 1 amide bonds. The van der Waals surface area contributed by atoms with Crippen LogP contribution < -0.4 is 10.6 Å². The van der Waals surface area contributed by atoms with E-state index in [1.54, 1.807) is 25.1 Å². The van der Waals surface area contributed by atoms with Gasteiger partial charge in [-0.1, -0.05) is 13.0 Å². The topological polar surface area (TPSA) is 60.0 Å². The fourth-order valence-corrected chi connectivity index (χ4v) is 2.42. The molecule has 1 heterocycles. The molecule has 1 saturated heterocycles. The molecule has 0 aliphatic carbocycles. The van der Waals surface area contributed by atoms with Gasteiger partial charge in [0.25, 0.3) is 0 Å². The maximum Gasteiger partial charge on any atom is 0.243 e. The number of nitrogens with zero attached hydrogens (tertiary/aromatic N) is 3. The summed E-state index contributed by atoms with van der Waals surface area (Å²) in [4.78, 5) is 20.1. The van der Waals surface area contributed by atoms with Crippen LogP contribution in [-0.4, -0.2) is 74.5 Å². The first-order valence-corrected chi connectivity index (χ1v) is 8.15. The first-order chi connectivity index (χ1) is 10.6. The Morgan fingerprint density at radius 3 is 2.57 bits per heavy atom. The molecule has 1 rings (SSSR count). The Bertz CT molecular complexity index is 379. The van der Waals surface area contributed by atoms with Gasteiger partial charge in [-0.15, -0.1) is 30.6 Å². The van der Waals surface area contributed by atoms with Crippen molar-refractivity contribution >= 4 is 35.8 Å². The molecule has 1 fully saturated rings. The van der Waals surface area contributed by atoms with Gasteiger partial charge < -0.3 is 20.4 Å². The highest BCUT2D eigenvalue weighted by molar-refractivity contribution is 14.0. The summed E-state index contributed by atoms with van der Waals surface area (Å²) in [6.07, 6.45) is 5.21. The molecule has 1 aliphatic heterocycles. The van der Waals surface area contributed by atoms with Gasteiger partial charge in [-0.25, -0.2) is 4.99 Å². The van der Waals surface area contributed by atoms with Gasteiger partial charge in [0.1, 0.15) is 6.54 Å². The number of hydrogen-bond acceptors (Lipinski definition) is 3. The van der Waals surface area contributed by atoms with Gasteiger partial charge in [0, 0.05) is 39.8 Å². The van der Waals surface area contributed by atoms with E-state index in [4.69, 9.17) is 0 Å². The van der Waals surface area contributed by atoms with E-state index in [2.05, 4.69) is 34.0 Å². The van der Waals surface area contributed by atoms with Gasteiger partial charge in [0.15, 0.2) is 5.96 Å². The number of rotatable bonds is 7. The zero-order valence-corrected chi connectivity index (χ0v) is 17.0. The summed E-state index contributed by atoms with van der Waals surface area (Å²) >= 11 is 0. The zero-order chi connectivity index (χ0) is 16.4. The van der Waals surface area contributed by atoms with Gasteiger partial charge in [-0.3, -0.25) is 4.79 Å². The van der Waals surface area contributed by atoms with Gasteiger partial charge >= 0.3 is 0 Å². The quantitative estimate of drug-likeness (QED) is 0.273. The lowest BCUT2D eigenvalue weighted by Crippen LogP contribution is -2.49. The predicted molar refractivity (Wildman–Crippen MR) is 107 cm³/mol. The van der Waals surface area contributed by atoms with Crippen molar-refractivity contribution in [2.24, 2.45) is 4.99 Å². The van der Waals surface area contributed by atoms with Crippen LogP contribution in [0.3, 0.4) is 0 Å². The monoisotopic (exact) mass is 437 g/mol. The minimum Gasteiger partial charge on any atom is -0.354 e. The van der Waals surface area contributed by atoms with Crippen molar-refractivity contribution in [1.29, 1.82) is 0 Å². The normalized spacial score (nSPS) is 16.4. The third-order valence-electron chi connectivity index (χ3n) is 3.75. The number of aliphatic imine (C=N–C) groups is 1. The maximum absolute atomic E-state index is 11.7. The number of piperidine rings is 1. The minimum absolute atomic E-state index is 0. The Morgan fingerprint density at radius 1 is 1.39 bits per heavy atom. The molecule has 0 unspecified atom stereocenters. The number of nitrogens with one attached hydrogen (secondary N) is 2. The molecular formula is C16H32IN5O. The summed E-state index contributed by atoms with van der Waals surface area (Å²) in [7, 11) is 3.48. The zero-order valence-electron chi connectivity index (χ0n) is 14.7. The summed E-state index contributed by atoms with van der Waals surface area (Å²) in [5.41, 5.74) is 0. The number of carbonyl (C=O) groups excluding carboxylic acids is 1. The summed E-state index contributed by atoms with van der Waals surface area (Å²) in [5, 5.41) is 6.63. The van der Waals surface area contributed by atoms with Crippen molar-refractivity contribution in [2.45, 2.75) is 32.2 Å². The Hall–Kier alpha value is -0.830. The fraction of sp³-hybridized carbons (Fsp3) is 0.750. The molecule has 7 heteroatoms. The van der Waals surface area contributed by atoms with Crippen LogP contribution in [0.2, 0.25) is 0 Å². The number of amides is 1. The molecule has 2 N–H and O–H groups in total. The van der Waals surface area contributed by atoms with Crippen LogP contribution in [-0.2, 0) is 4.79 Å². The molecule has 0 atom stereocenters. The van der Waals surface area contributed by atoms with Crippen LogP contribution in [0.5, 0.6) is 0 Å². The molecule has 0 aromatic carbocycles. The minimum atomic E-state index is -0.00234. The third-order valence-corrected chi connectivity index (χ3v) is 3.75. The molecule has 0 aromatic rings. The highest BCUT2D eigenvalue weighted by atomic mass is 127. The van der Waals surface area contributed by atoms with E-state index in [0.717, 1.165) is 25.9 Å². The lowest BCUT2D eigenvalue weighted by Gasteiger charge is -2.32. The second-order valence-electron chi connectivity index (χ2n) is 5.88. The van der Waals surface area contributed by atoms with E-state index in [-0.39, 0.29) is 36.4 Å². The second kappa shape index (κ2) is 12.6. The van der Waals surface area contributed by atoms with E-state index in [1.165, 1.54) is 13.0 Å². The molecule has 0 spiro atoms. The van der Waals surface area contributed by atoms with Crippen molar-refractivity contribution in [1.82, 2.24) is 20.4 Å². The molecule has 0 bridgehead atoms. The van der Waals surface area contributed by atoms with Crippen molar-refractivity contribution in [3.8, 4) is 0 Å². The Kier molecular flexibility index (Phi) is 12.1. The summed E-state index contributed by atoms with van der Waals surface area (Å²) < 4.78 is 0. The highest BCUT2D eigenvalue weighted by Crippen LogP contribution is 2.10. The average Bonchev–Trinajstić information content (AvgIpc) is 2.51. The summed E-state index contributed by atoms with van der Waals surface area (Å²) in [6, 6.07) is 0.415. The van der Waals surface area contributed by atoms with Crippen LogP contribution >= 0.6 is 24.0 Å². The second-order valence-corrected chi connectivity index (χ2v) is 5.88. The first-order valence-electron chi connectivity index (χ1n) is 8.15. The molecule has 0 saturated carbocycles. The Balaban J connectivity index is 0.00000484. The van der Waals surface area contributed by atoms with Gasteiger partial charge in [-0.05, 0) is 25.8 Å². The number of halogens is 1. The molecule has 0 aromatic heterocycles. The summed E-state index contributed by atoms with van der Waals surface area (Å²) in [5.74, 6) is 0.696. The van der Waals surface area contributed by atoms with Crippen LogP contribution in [0, 0.1) is 0 Å². The lowest BCUT2D eigenvalue weighted by molar-refractivity contribution is -0.127. The van der Waals surface area contributed by atoms with Crippen LogP contribution in [0.1, 0.15) is 26.2 Å². The van der Waals surface area contributed by atoms with Gasteiger partial charge in [0.2, 0.25) is 5.91 Å². The molecule has 1 aliphatic rings. The number of guanidine groups is 1.